The molecule has 92 valence electrons. The number of rotatable bonds is 4. The highest BCUT2D eigenvalue weighted by Gasteiger charge is 2.02. The minimum Gasteiger partial charge on any atom is -0.493 e. The molecule has 0 bridgehead atoms. The summed E-state index contributed by atoms with van der Waals surface area (Å²) in [5.41, 5.74) is 1.82. The molecule has 4 heteroatoms. The molecule has 18 heavy (non-hydrogen) atoms. The second-order valence-corrected chi connectivity index (χ2v) is 3.58. The van der Waals surface area contributed by atoms with Crippen LogP contribution in [0.1, 0.15) is 11.3 Å². The van der Waals surface area contributed by atoms with Crippen LogP contribution in [0.2, 0.25) is 0 Å². The molecule has 0 amide bonds. The van der Waals surface area contributed by atoms with E-state index in [4.69, 9.17) is 9.47 Å². The van der Waals surface area contributed by atoms with Gasteiger partial charge in [-0.1, -0.05) is 12.1 Å². The molecule has 0 aliphatic heterocycles. The topological polar surface area (TPSA) is 44.2 Å². The molecule has 0 aliphatic carbocycles. The molecule has 0 saturated carbocycles. The number of benzene rings is 1. The van der Waals surface area contributed by atoms with Crippen molar-refractivity contribution in [1.82, 2.24) is 9.97 Å². The molecule has 1 aromatic carbocycles. The van der Waals surface area contributed by atoms with E-state index in [9.17, 15) is 0 Å². The summed E-state index contributed by atoms with van der Waals surface area (Å²) in [4.78, 5) is 8.16. The third kappa shape index (κ3) is 2.85. The first-order valence-corrected chi connectivity index (χ1v) is 5.49. The van der Waals surface area contributed by atoms with Gasteiger partial charge in [0.15, 0.2) is 11.5 Å². The van der Waals surface area contributed by atoms with Crippen LogP contribution in [0.3, 0.4) is 0 Å². The van der Waals surface area contributed by atoms with Crippen LogP contribution in [-0.4, -0.2) is 24.2 Å². The molecule has 0 saturated heterocycles. The molecule has 0 fully saturated rings. The number of ether oxygens (including phenoxy) is 2. The van der Waals surface area contributed by atoms with Crippen molar-refractivity contribution in [3.63, 3.8) is 0 Å². The van der Waals surface area contributed by atoms with Crippen LogP contribution in [0.25, 0.3) is 12.2 Å². The lowest BCUT2D eigenvalue weighted by atomic mass is 10.2. The van der Waals surface area contributed by atoms with Gasteiger partial charge in [-0.2, -0.15) is 0 Å². The van der Waals surface area contributed by atoms with E-state index in [1.165, 1.54) is 0 Å². The van der Waals surface area contributed by atoms with E-state index >= 15 is 0 Å². The third-order valence-electron chi connectivity index (χ3n) is 2.44. The Hall–Kier alpha value is -2.36. The third-order valence-corrected chi connectivity index (χ3v) is 2.44. The summed E-state index contributed by atoms with van der Waals surface area (Å²) in [6.45, 7) is 0. The summed E-state index contributed by atoms with van der Waals surface area (Å²) < 4.78 is 10.4. The Morgan fingerprint density at radius 1 is 1.00 bits per heavy atom. The molecule has 0 spiro atoms. The number of hydrogen-bond donors (Lipinski definition) is 0. The Morgan fingerprint density at radius 3 is 2.50 bits per heavy atom. The quantitative estimate of drug-likeness (QED) is 0.826. The van der Waals surface area contributed by atoms with Crippen molar-refractivity contribution >= 4 is 12.2 Å². The van der Waals surface area contributed by atoms with E-state index in [0.29, 0.717) is 11.5 Å². The molecule has 1 heterocycles. The number of hydrogen-bond acceptors (Lipinski definition) is 4. The fraction of sp³-hybridized carbons (Fsp3) is 0.143. The zero-order chi connectivity index (χ0) is 12.8. The van der Waals surface area contributed by atoms with Crippen LogP contribution in [0.15, 0.2) is 36.8 Å². The molecule has 2 rings (SSSR count). The first-order valence-electron chi connectivity index (χ1n) is 5.49. The number of nitrogens with zero attached hydrogens (tertiary/aromatic N) is 2. The van der Waals surface area contributed by atoms with Gasteiger partial charge in [0.1, 0.15) is 0 Å². The molecule has 0 atom stereocenters. The Balaban J connectivity index is 2.22. The SMILES string of the molecule is COc1ccc(/C=C/c2cnccn2)cc1OC. The van der Waals surface area contributed by atoms with Crippen LogP contribution < -0.4 is 9.47 Å². The number of methoxy groups -OCH3 is 2. The lowest BCUT2D eigenvalue weighted by Gasteiger charge is -2.07. The van der Waals surface area contributed by atoms with E-state index in [0.717, 1.165) is 11.3 Å². The average Bonchev–Trinajstić information content (AvgIpc) is 2.45. The van der Waals surface area contributed by atoms with Gasteiger partial charge in [-0.25, -0.2) is 0 Å². The van der Waals surface area contributed by atoms with Crippen molar-refractivity contribution in [2.75, 3.05) is 14.2 Å². The molecular weight excluding hydrogens is 228 g/mol. The number of aromatic nitrogens is 2. The van der Waals surface area contributed by atoms with Gasteiger partial charge in [-0.3, -0.25) is 9.97 Å². The Bertz CT molecular complexity index is 539. The van der Waals surface area contributed by atoms with E-state index < -0.39 is 0 Å². The van der Waals surface area contributed by atoms with Crippen molar-refractivity contribution in [2.24, 2.45) is 0 Å². The molecule has 2 aromatic rings. The van der Waals surface area contributed by atoms with Gasteiger partial charge in [0.2, 0.25) is 0 Å². The van der Waals surface area contributed by atoms with Crippen LogP contribution in [0.4, 0.5) is 0 Å². The van der Waals surface area contributed by atoms with Gasteiger partial charge >= 0.3 is 0 Å². The smallest absolute Gasteiger partial charge is 0.161 e. The summed E-state index contributed by atoms with van der Waals surface area (Å²) in [5.74, 6) is 1.42. The molecule has 0 unspecified atom stereocenters. The fourth-order valence-corrected chi connectivity index (χ4v) is 1.53. The van der Waals surface area contributed by atoms with Crippen LogP contribution in [0.5, 0.6) is 11.5 Å². The molecule has 0 aliphatic rings. The van der Waals surface area contributed by atoms with Crippen LogP contribution in [0, 0.1) is 0 Å². The second-order valence-electron chi connectivity index (χ2n) is 3.58. The van der Waals surface area contributed by atoms with Gasteiger partial charge in [-0.15, -0.1) is 0 Å². The second kappa shape index (κ2) is 5.82. The van der Waals surface area contributed by atoms with Crippen molar-refractivity contribution in [3.05, 3.63) is 48.0 Å². The van der Waals surface area contributed by atoms with Crippen molar-refractivity contribution in [2.45, 2.75) is 0 Å². The summed E-state index contributed by atoms with van der Waals surface area (Å²) in [6, 6.07) is 5.73. The fourth-order valence-electron chi connectivity index (χ4n) is 1.53. The van der Waals surface area contributed by atoms with Gasteiger partial charge in [0.05, 0.1) is 26.1 Å². The lowest BCUT2D eigenvalue weighted by Crippen LogP contribution is -1.90. The maximum atomic E-state index is 5.24. The molecule has 1 aromatic heterocycles. The minimum absolute atomic E-state index is 0.707. The predicted octanol–water partition coefficient (Wildman–Crippen LogP) is 2.66. The molecule has 0 N–H and O–H groups in total. The molecule has 0 radical (unpaired) electrons. The molecular formula is C14H14N2O2. The highest BCUT2D eigenvalue weighted by Crippen LogP contribution is 2.28. The summed E-state index contributed by atoms with van der Waals surface area (Å²) in [7, 11) is 3.24. The standard InChI is InChI=1S/C14H14N2O2/c1-17-13-6-4-11(9-14(13)18-2)3-5-12-10-15-7-8-16-12/h3-10H,1-2H3/b5-3+. The first kappa shape index (κ1) is 12.1. The van der Waals surface area contributed by atoms with E-state index in [1.54, 1.807) is 32.8 Å². The molecule has 4 nitrogen and oxygen atoms in total. The van der Waals surface area contributed by atoms with Crippen LogP contribution >= 0.6 is 0 Å². The average molecular weight is 242 g/mol. The Kier molecular flexibility index (Phi) is 3.91. The van der Waals surface area contributed by atoms with E-state index in [2.05, 4.69) is 9.97 Å². The van der Waals surface area contributed by atoms with Crippen molar-refractivity contribution in [1.29, 1.82) is 0 Å². The maximum absolute atomic E-state index is 5.24. The van der Waals surface area contributed by atoms with E-state index in [-0.39, 0.29) is 0 Å². The zero-order valence-corrected chi connectivity index (χ0v) is 10.3. The van der Waals surface area contributed by atoms with Crippen LogP contribution in [-0.2, 0) is 0 Å². The largest absolute Gasteiger partial charge is 0.493 e. The summed E-state index contributed by atoms with van der Waals surface area (Å²) in [5, 5.41) is 0. The maximum Gasteiger partial charge on any atom is 0.161 e. The zero-order valence-electron chi connectivity index (χ0n) is 10.3. The van der Waals surface area contributed by atoms with Gasteiger partial charge in [0.25, 0.3) is 0 Å². The Morgan fingerprint density at radius 2 is 1.83 bits per heavy atom. The van der Waals surface area contributed by atoms with Crippen molar-refractivity contribution < 1.29 is 9.47 Å². The lowest BCUT2D eigenvalue weighted by molar-refractivity contribution is 0.355. The first-order chi connectivity index (χ1) is 8.83. The predicted molar refractivity (Wildman–Crippen MR) is 70.5 cm³/mol. The highest BCUT2D eigenvalue weighted by molar-refractivity contribution is 5.69. The minimum atomic E-state index is 0.707. The normalized spacial score (nSPS) is 10.6. The summed E-state index contributed by atoms with van der Waals surface area (Å²) >= 11 is 0. The Labute approximate surface area is 106 Å². The van der Waals surface area contributed by atoms with Gasteiger partial charge < -0.3 is 9.47 Å². The van der Waals surface area contributed by atoms with E-state index in [1.807, 2.05) is 30.4 Å². The highest BCUT2D eigenvalue weighted by atomic mass is 16.5. The summed E-state index contributed by atoms with van der Waals surface area (Å²) in [6.07, 6.45) is 8.86. The van der Waals surface area contributed by atoms with Gasteiger partial charge in [0, 0.05) is 12.4 Å². The van der Waals surface area contributed by atoms with Gasteiger partial charge in [-0.05, 0) is 23.8 Å². The van der Waals surface area contributed by atoms with Crippen molar-refractivity contribution in [3.8, 4) is 11.5 Å². The monoisotopic (exact) mass is 242 g/mol.